The van der Waals surface area contributed by atoms with E-state index in [-0.39, 0.29) is 24.0 Å². The molecular formula is C17H29IN6S. The van der Waals surface area contributed by atoms with Crippen LogP contribution >= 0.6 is 35.3 Å². The average molecular weight is 476 g/mol. The van der Waals surface area contributed by atoms with Crippen molar-refractivity contribution in [2.75, 3.05) is 20.1 Å². The van der Waals surface area contributed by atoms with Gasteiger partial charge in [0.25, 0.3) is 0 Å². The molecule has 0 bridgehead atoms. The summed E-state index contributed by atoms with van der Waals surface area (Å²) in [5.74, 6) is 1.94. The molecule has 0 atom stereocenters. The lowest BCUT2D eigenvalue weighted by atomic mass is 10.3. The first kappa shape index (κ1) is 21.9. The lowest BCUT2D eigenvalue weighted by Gasteiger charge is -2.11. The van der Waals surface area contributed by atoms with Crippen LogP contribution in [0.5, 0.6) is 0 Å². The third kappa shape index (κ3) is 7.72. The Bertz CT molecular complexity index is 637. The Morgan fingerprint density at radius 3 is 2.68 bits per heavy atom. The molecule has 0 aliphatic carbocycles. The van der Waals surface area contributed by atoms with Crippen molar-refractivity contribution in [1.29, 1.82) is 0 Å². The number of hydrogen-bond acceptors (Lipinski definition) is 4. The molecule has 0 radical (unpaired) electrons. The van der Waals surface area contributed by atoms with Crippen molar-refractivity contribution < 1.29 is 0 Å². The molecular weight excluding hydrogens is 447 g/mol. The number of nitrogens with one attached hydrogen (secondary N) is 2. The van der Waals surface area contributed by atoms with E-state index in [2.05, 4.69) is 37.1 Å². The number of hydrogen-bond donors (Lipinski definition) is 2. The van der Waals surface area contributed by atoms with Gasteiger partial charge in [0.15, 0.2) is 5.96 Å². The third-order valence-electron chi connectivity index (χ3n) is 3.85. The molecule has 0 fully saturated rings. The number of unbranched alkanes of at least 4 members (excludes halogenated alkanes) is 1. The molecule has 0 unspecified atom stereocenters. The zero-order valence-corrected chi connectivity index (χ0v) is 18.4. The molecule has 6 nitrogen and oxygen atoms in total. The van der Waals surface area contributed by atoms with E-state index >= 15 is 0 Å². The minimum Gasteiger partial charge on any atom is -0.356 e. The van der Waals surface area contributed by atoms with Gasteiger partial charge in [-0.2, -0.15) is 0 Å². The van der Waals surface area contributed by atoms with Gasteiger partial charge in [-0.15, -0.1) is 35.3 Å². The second-order valence-electron chi connectivity index (χ2n) is 5.62. The Morgan fingerprint density at radius 1 is 1.24 bits per heavy atom. The average Bonchev–Trinajstić information content (AvgIpc) is 3.22. The van der Waals surface area contributed by atoms with Gasteiger partial charge in [-0.3, -0.25) is 4.99 Å². The Kier molecular flexibility index (Phi) is 10.7. The van der Waals surface area contributed by atoms with Crippen LogP contribution in [0.1, 0.15) is 35.5 Å². The van der Waals surface area contributed by atoms with Gasteiger partial charge < -0.3 is 15.2 Å². The maximum Gasteiger partial charge on any atom is 0.190 e. The summed E-state index contributed by atoms with van der Waals surface area (Å²) in [6.45, 7) is 6.99. The molecule has 2 aromatic heterocycles. The highest BCUT2D eigenvalue weighted by molar-refractivity contribution is 14.0. The van der Waals surface area contributed by atoms with E-state index in [9.17, 15) is 0 Å². The molecule has 140 valence electrons. The molecule has 2 aromatic rings. The number of rotatable bonds is 9. The number of aromatic nitrogens is 3. The standard InChI is InChI=1S/C17H28N6S.HI/c1-4-15-13-22-16(24-15)7-9-21-17(18-3)20-8-5-6-11-23-12-10-19-14(23)2;/h10,12-13H,4-9,11H2,1-3H3,(H2,18,20,21);1H. The number of halogens is 1. The molecule has 2 heterocycles. The molecule has 2 rings (SSSR count). The fourth-order valence-electron chi connectivity index (χ4n) is 2.39. The summed E-state index contributed by atoms with van der Waals surface area (Å²) in [4.78, 5) is 14.3. The van der Waals surface area contributed by atoms with Gasteiger partial charge in [0.1, 0.15) is 5.82 Å². The maximum absolute atomic E-state index is 4.44. The van der Waals surface area contributed by atoms with E-state index in [0.717, 1.165) is 57.1 Å². The Morgan fingerprint density at radius 2 is 2.04 bits per heavy atom. The van der Waals surface area contributed by atoms with Crippen LogP contribution in [0.4, 0.5) is 0 Å². The van der Waals surface area contributed by atoms with Gasteiger partial charge in [-0.1, -0.05) is 6.92 Å². The fraction of sp³-hybridized carbons (Fsp3) is 0.588. The molecule has 25 heavy (non-hydrogen) atoms. The topological polar surface area (TPSA) is 67.1 Å². The second-order valence-corrected chi connectivity index (χ2v) is 6.82. The van der Waals surface area contributed by atoms with Crippen molar-refractivity contribution in [2.45, 2.75) is 46.1 Å². The predicted molar refractivity (Wildman–Crippen MR) is 116 cm³/mol. The molecule has 8 heteroatoms. The second kappa shape index (κ2) is 12.2. The van der Waals surface area contributed by atoms with Crippen LogP contribution in [-0.2, 0) is 19.4 Å². The Balaban J connectivity index is 0.00000312. The van der Waals surface area contributed by atoms with Crippen LogP contribution in [0.25, 0.3) is 0 Å². The summed E-state index contributed by atoms with van der Waals surface area (Å²) >= 11 is 1.80. The van der Waals surface area contributed by atoms with Gasteiger partial charge in [0.05, 0.1) is 5.01 Å². The zero-order chi connectivity index (χ0) is 17.2. The monoisotopic (exact) mass is 476 g/mol. The van der Waals surface area contributed by atoms with E-state index in [1.54, 1.807) is 11.3 Å². The van der Waals surface area contributed by atoms with Gasteiger partial charge >= 0.3 is 0 Å². The minimum absolute atomic E-state index is 0. The molecule has 0 spiro atoms. The smallest absolute Gasteiger partial charge is 0.190 e. The predicted octanol–water partition coefficient (Wildman–Crippen LogP) is 3.02. The molecule has 0 saturated carbocycles. The van der Waals surface area contributed by atoms with E-state index in [1.165, 1.54) is 9.88 Å². The number of aliphatic imine (C=N–C) groups is 1. The molecule has 2 N–H and O–H groups in total. The maximum atomic E-state index is 4.44. The highest BCUT2D eigenvalue weighted by atomic mass is 127. The number of aryl methyl sites for hydroxylation is 3. The van der Waals surface area contributed by atoms with E-state index in [4.69, 9.17) is 0 Å². The fourth-order valence-corrected chi connectivity index (χ4v) is 3.25. The highest BCUT2D eigenvalue weighted by Gasteiger charge is 2.02. The number of imidazole rings is 1. The summed E-state index contributed by atoms with van der Waals surface area (Å²) in [7, 11) is 1.81. The van der Waals surface area contributed by atoms with Crippen LogP contribution in [0.3, 0.4) is 0 Å². The first-order valence-corrected chi connectivity index (χ1v) is 9.40. The van der Waals surface area contributed by atoms with Crippen LogP contribution in [0.15, 0.2) is 23.6 Å². The largest absolute Gasteiger partial charge is 0.356 e. The lowest BCUT2D eigenvalue weighted by Crippen LogP contribution is -2.38. The van der Waals surface area contributed by atoms with E-state index < -0.39 is 0 Å². The molecule has 0 saturated heterocycles. The molecule has 0 amide bonds. The molecule has 0 aromatic carbocycles. The first-order valence-electron chi connectivity index (χ1n) is 8.58. The number of guanidine groups is 1. The van der Waals surface area contributed by atoms with Gasteiger partial charge in [-0.25, -0.2) is 9.97 Å². The summed E-state index contributed by atoms with van der Waals surface area (Å²) in [6, 6.07) is 0. The summed E-state index contributed by atoms with van der Waals surface area (Å²) in [5.41, 5.74) is 0. The quantitative estimate of drug-likeness (QED) is 0.253. The normalized spacial score (nSPS) is 11.2. The van der Waals surface area contributed by atoms with Gasteiger partial charge in [-0.05, 0) is 26.2 Å². The van der Waals surface area contributed by atoms with Crippen LogP contribution in [-0.4, -0.2) is 40.6 Å². The van der Waals surface area contributed by atoms with E-state index in [0.29, 0.717) is 0 Å². The Labute approximate surface area is 171 Å². The Hall–Kier alpha value is -1.16. The zero-order valence-electron chi connectivity index (χ0n) is 15.3. The van der Waals surface area contributed by atoms with Crippen LogP contribution < -0.4 is 10.6 Å². The van der Waals surface area contributed by atoms with E-state index in [1.807, 2.05) is 32.6 Å². The van der Waals surface area contributed by atoms with Crippen LogP contribution in [0.2, 0.25) is 0 Å². The van der Waals surface area contributed by atoms with Crippen molar-refractivity contribution in [3.63, 3.8) is 0 Å². The molecule has 0 aliphatic heterocycles. The van der Waals surface area contributed by atoms with Gasteiger partial charge in [0.2, 0.25) is 0 Å². The molecule has 0 aliphatic rings. The van der Waals surface area contributed by atoms with Crippen molar-refractivity contribution >= 4 is 41.3 Å². The summed E-state index contributed by atoms with van der Waals surface area (Å²) in [6.07, 6.45) is 10.1. The lowest BCUT2D eigenvalue weighted by molar-refractivity contribution is 0.588. The number of thiazole rings is 1. The summed E-state index contributed by atoms with van der Waals surface area (Å²) < 4.78 is 2.19. The minimum atomic E-state index is 0. The van der Waals surface area contributed by atoms with Crippen molar-refractivity contribution in [3.8, 4) is 0 Å². The third-order valence-corrected chi connectivity index (χ3v) is 5.05. The van der Waals surface area contributed by atoms with Crippen molar-refractivity contribution in [1.82, 2.24) is 25.2 Å². The van der Waals surface area contributed by atoms with Crippen molar-refractivity contribution in [3.05, 3.63) is 34.3 Å². The highest BCUT2D eigenvalue weighted by Crippen LogP contribution is 2.13. The SMILES string of the molecule is CCc1cnc(CCNC(=NC)NCCCCn2ccnc2C)s1.I. The van der Waals surface area contributed by atoms with Crippen LogP contribution in [0, 0.1) is 6.92 Å². The van der Waals surface area contributed by atoms with Crippen molar-refractivity contribution in [2.24, 2.45) is 4.99 Å². The first-order chi connectivity index (χ1) is 11.7. The summed E-state index contributed by atoms with van der Waals surface area (Å²) in [5, 5.41) is 7.90. The van der Waals surface area contributed by atoms with Gasteiger partial charge in [0, 0.05) is 56.6 Å². The number of nitrogens with zero attached hydrogens (tertiary/aromatic N) is 4.